The summed E-state index contributed by atoms with van der Waals surface area (Å²) < 4.78 is 39.1. The summed E-state index contributed by atoms with van der Waals surface area (Å²) in [6.07, 6.45) is -3.96. The second-order valence-electron chi connectivity index (χ2n) is 5.43. The van der Waals surface area contributed by atoms with Crippen LogP contribution in [0.1, 0.15) is 17.8 Å². The Kier molecular flexibility index (Phi) is 6.14. The molecule has 0 aliphatic heterocycles. The molecule has 0 unspecified atom stereocenters. The molecule has 140 valence electrons. The maximum atomic E-state index is 12.6. The van der Waals surface area contributed by atoms with Crippen molar-refractivity contribution in [2.75, 3.05) is 11.9 Å². The molecule has 0 spiro atoms. The molecule has 0 amide bonds. The van der Waals surface area contributed by atoms with E-state index in [0.29, 0.717) is 30.9 Å². The lowest BCUT2D eigenvalue weighted by molar-refractivity contribution is -0.384. The zero-order chi connectivity index (χ0) is 19.3. The number of thiocarbonyl (C=S) groups is 1. The maximum Gasteiger partial charge on any atom is 0.435 e. The van der Waals surface area contributed by atoms with Crippen molar-refractivity contribution in [2.45, 2.75) is 26.1 Å². The molecular weight excluding hydrogens is 371 g/mol. The van der Waals surface area contributed by atoms with E-state index < -0.39 is 16.8 Å². The fourth-order valence-corrected chi connectivity index (χ4v) is 2.40. The fraction of sp³-hybridized carbons (Fsp3) is 0.333. The Hall–Kier alpha value is -2.69. The van der Waals surface area contributed by atoms with Crippen molar-refractivity contribution in [3.8, 4) is 0 Å². The molecule has 0 bridgehead atoms. The van der Waals surface area contributed by atoms with E-state index in [1.165, 1.54) is 22.9 Å². The number of rotatable bonds is 6. The monoisotopic (exact) mass is 387 g/mol. The van der Waals surface area contributed by atoms with Gasteiger partial charge in [-0.1, -0.05) is 6.07 Å². The van der Waals surface area contributed by atoms with Crippen molar-refractivity contribution >= 4 is 28.7 Å². The van der Waals surface area contributed by atoms with Crippen LogP contribution in [0.4, 0.5) is 24.5 Å². The minimum absolute atomic E-state index is 0.0626. The molecule has 0 saturated carbocycles. The predicted molar refractivity (Wildman–Crippen MR) is 93.9 cm³/mol. The van der Waals surface area contributed by atoms with Crippen LogP contribution >= 0.6 is 12.2 Å². The van der Waals surface area contributed by atoms with Crippen molar-refractivity contribution in [3.63, 3.8) is 0 Å². The molecule has 2 rings (SSSR count). The lowest BCUT2D eigenvalue weighted by Crippen LogP contribution is -2.29. The van der Waals surface area contributed by atoms with E-state index >= 15 is 0 Å². The number of aryl methyl sites for hydroxylation is 2. The first-order valence-electron chi connectivity index (χ1n) is 7.58. The van der Waals surface area contributed by atoms with Gasteiger partial charge >= 0.3 is 6.18 Å². The summed E-state index contributed by atoms with van der Waals surface area (Å²) >= 11 is 5.09. The van der Waals surface area contributed by atoms with Crippen LogP contribution in [-0.2, 0) is 12.7 Å². The number of aromatic nitrogens is 2. The third-order valence-electron chi connectivity index (χ3n) is 3.42. The summed E-state index contributed by atoms with van der Waals surface area (Å²) in [5.74, 6) is 0. The Morgan fingerprint density at radius 1 is 1.38 bits per heavy atom. The number of alkyl halides is 3. The lowest BCUT2D eigenvalue weighted by Gasteiger charge is -2.11. The number of halogens is 3. The van der Waals surface area contributed by atoms with Gasteiger partial charge in [-0.2, -0.15) is 18.3 Å². The maximum absolute atomic E-state index is 12.6. The summed E-state index contributed by atoms with van der Waals surface area (Å²) in [6, 6.07) is 6.87. The number of benzene rings is 1. The Morgan fingerprint density at radius 3 is 2.73 bits per heavy atom. The van der Waals surface area contributed by atoms with Crippen molar-refractivity contribution in [1.82, 2.24) is 15.1 Å². The Balaban J connectivity index is 1.79. The summed E-state index contributed by atoms with van der Waals surface area (Å²) in [5.41, 5.74) is -0.0812. The molecule has 7 nitrogen and oxygen atoms in total. The highest BCUT2D eigenvalue weighted by Crippen LogP contribution is 2.28. The first-order chi connectivity index (χ1) is 12.2. The van der Waals surface area contributed by atoms with E-state index in [1.54, 1.807) is 13.0 Å². The van der Waals surface area contributed by atoms with Crippen molar-refractivity contribution in [2.24, 2.45) is 0 Å². The second-order valence-corrected chi connectivity index (χ2v) is 5.84. The van der Waals surface area contributed by atoms with Gasteiger partial charge in [-0.05, 0) is 37.7 Å². The summed E-state index contributed by atoms with van der Waals surface area (Å²) in [6.45, 7) is 2.26. The van der Waals surface area contributed by atoms with Gasteiger partial charge in [0.2, 0.25) is 0 Å². The number of hydrogen-bond acceptors (Lipinski definition) is 4. The number of anilines is 1. The van der Waals surface area contributed by atoms with Crippen LogP contribution in [0, 0.1) is 17.0 Å². The molecule has 0 radical (unpaired) electrons. The molecule has 1 heterocycles. The Morgan fingerprint density at radius 2 is 2.12 bits per heavy atom. The second kappa shape index (κ2) is 8.13. The van der Waals surface area contributed by atoms with E-state index in [1.807, 2.05) is 0 Å². The van der Waals surface area contributed by atoms with E-state index in [4.69, 9.17) is 12.2 Å². The average molecular weight is 387 g/mol. The summed E-state index contributed by atoms with van der Waals surface area (Å²) in [7, 11) is 0. The first-order valence-corrected chi connectivity index (χ1v) is 7.98. The number of nitro benzene ring substituents is 1. The van der Waals surface area contributed by atoms with Gasteiger partial charge in [0, 0.05) is 36.6 Å². The zero-order valence-corrected chi connectivity index (χ0v) is 14.5. The Labute approximate surface area is 152 Å². The van der Waals surface area contributed by atoms with Crippen LogP contribution in [0.3, 0.4) is 0 Å². The van der Waals surface area contributed by atoms with Crippen molar-refractivity contribution < 1.29 is 18.1 Å². The number of nitro groups is 1. The minimum atomic E-state index is -4.46. The van der Waals surface area contributed by atoms with Crippen LogP contribution in [-0.4, -0.2) is 26.4 Å². The average Bonchev–Trinajstić information content (AvgIpc) is 2.93. The predicted octanol–water partition coefficient (Wildman–Crippen LogP) is 3.50. The summed E-state index contributed by atoms with van der Waals surface area (Å²) in [5, 5.41) is 20.2. The van der Waals surface area contributed by atoms with E-state index in [2.05, 4.69) is 15.7 Å². The van der Waals surface area contributed by atoms with E-state index in [9.17, 15) is 23.3 Å². The smallest absolute Gasteiger partial charge is 0.362 e. The van der Waals surface area contributed by atoms with Gasteiger partial charge in [-0.3, -0.25) is 14.8 Å². The Bertz CT molecular complexity index is 807. The topological polar surface area (TPSA) is 85.0 Å². The van der Waals surface area contributed by atoms with Gasteiger partial charge in [-0.25, -0.2) is 0 Å². The SMILES string of the molecule is Cc1cc(C(F)(F)F)nn1CCCNC(=S)Nc1cccc([N+](=O)[O-])c1. The molecular formula is C15H16F3N5O2S. The van der Waals surface area contributed by atoms with Crippen molar-refractivity contribution in [3.05, 3.63) is 51.8 Å². The van der Waals surface area contributed by atoms with Gasteiger partial charge in [0.05, 0.1) is 4.92 Å². The van der Waals surface area contributed by atoms with Gasteiger partial charge in [0.25, 0.3) is 5.69 Å². The van der Waals surface area contributed by atoms with E-state index in [-0.39, 0.29) is 10.8 Å². The highest BCUT2D eigenvalue weighted by Gasteiger charge is 2.34. The van der Waals surface area contributed by atoms with Crippen molar-refractivity contribution in [1.29, 1.82) is 0 Å². The van der Waals surface area contributed by atoms with E-state index in [0.717, 1.165) is 6.07 Å². The number of hydrogen-bond donors (Lipinski definition) is 2. The normalized spacial score (nSPS) is 11.2. The van der Waals surface area contributed by atoms with Gasteiger partial charge in [-0.15, -0.1) is 0 Å². The standard InChI is InChI=1S/C15H16F3N5O2S/c1-10-8-13(15(16,17)18)21-22(10)7-3-6-19-14(26)20-11-4-2-5-12(9-11)23(24)25/h2,4-5,8-9H,3,6-7H2,1H3,(H2,19,20,26). The molecule has 26 heavy (non-hydrogen) atoms. The molecule has 11 heteroatoms. The molecule has 0 atom stereocenters. The lowest BCUT2D eigenvalue weighted by atomic mass is 10.3. The summed E-state index contributed by atoms with van der Waals surface area (Å²) in [4.78, 5) is 10.2. The van der Waals surface area contributed by atoms with Crippen LogP contribution in [0.5, 0.6) is 0 Å². The van der Waals surface area contributed by atoms with Gasteiger partial charge in [0.15, 0.2) is 10.8 Å². The molecule has 0 fully saturated rings. The van der Waals surface area contributed by atoms with Crippen LogP contribution in [0.25, 0.3) is 0 Å². The minimum Gasteiger partial charge on any atom is -0.362 e. The third-order valence-corrected chi connectivity index (χ3v) is 3.67. The molecule has 1 aromatic carbocycles. The molecule has 0 aliphatic rings. The van der Waals surface area contributed by atoms with Crippen LogP contribution in [0.15, 0.2) is 30.3 Å². The number of nitrogens with one attached hydrogen (secondary N) is 2. The zero-order valence-electron chi connectivity index (χ0n) is 13.7. The third kappa shape index (κ3) is 5.41. The first kappa shape index (κ1) is 19.6. The fourth-order valence-electron chi connectivity index (χ4n) is 2.18. The highest BCUT2D eigenvalue weighted by molar-refractivity contribution is 7.80. The van der Waals surface area contributed by atoms with Crippen LogP contribution in [0.2, 0.25) is 0 Å². The van der Waals surface area contributed by atoms with Gasteiger partial charge in [0.1, 0.15) is 0 Å². The molecule has 2 N–H and O–H groups in total. The number of nitrogens with zero attached hydrogens (tertiary/aromatic N) is 3. The van der Waals surface area contributed by atoms with Crippen LogP contribution < -0.4 is 10.6 Å². The quantitative estimate of drug-likeness (QED) is 0.342. The molecule has 0 aliphatic carbocycles. The van der Waals surface area contributed by atoms with Gasteiger partial charge < -0.3 is 10.6 Å². The number of non-ortho nitro benzene ring substituents is 1. The largest absolute Gasteiger partial charge is 0.435 e. The molecule has 0 saturated heterocycles. The molecule has 1 aromatic heterocycles. The molecule has 2 aromatic rings. The highest BCUT2D eigenvalue weighted by atomic mass is 32.1.